The molecule has 3 heteroatoms. The summed E-state index contributed by atoms with van der Waals surface area (Å²) in [5, 5.41) is 11.0. The topological polar surface area (TPSA) is 29.5 Å². The SMILES string of the molecule is CCC1CCCCC1(O)Cc1cc(OC)ccc1Br. The van der Waals surface area contributed by atoms with Crippen LogP contribution in [-0.2, 0) is 6.42 Å². The van der Waals surface area contributed by atoms with Crippen LogP contribution in [0.5, 0.6) is 5.75 Å². The van der Waals surface area contributed by atoms with E-state index in [-0.39, 0.29) is 0 Å². The van der Waals surface area contributed by atoms with Crippen molar-refractivity contribution in [2.75, 3.05) is 7.11 Å². The summed E-state index contributed by atoms with van der Waals surface area (Å²) >= 11 is 3.59. The summed E-state index contributed by atoms with van der Waals surface area (Å²) < 4.78 is 6.34. The lowest BCUT2D eigenvalue weighted by molar-refractivity contribution is -0.0492. The number of ether oxygens (including phenoxy) is 1. The first-order valence-corrected chi connectivity index (χ1v) is 7.93. The minimum absolute atomic E-state index is 0.416. The molecule has 106 valence electrons. The molecule has 2 rings (SSSR count). The van der Waals surface area contributed by atoms with E-state index >= 15 is 0 Å². The van der Waals surface area contributed by atoms with Gasteiger partial charge in [-0.2, -0.15) is 0 Å². The van der Waals surface area contributed by atoms with Crippen LogP contribution in [0.4, 0.5) is 0 Å². The Balaban J connectivity index is 2.23. The molecular formula is C16H23BrO2. The lowest BCUT2D eigenvalue weighted by atomic mass is 9.71. The molecule has 0 amide bonds. The molecule has 0 heterocycles. The molecule has 1 aromatic carbocycles. The van der Waals surface area contributed by atoms with Gasteiger partial charge in [-0.15, -0.1) is 0 Å². The van der Waals surface area contributed by atoms with Crippen molar-refractivity contribution < 1.29 is 9.84 Å². The predicted octanol–water partition coefficient (Wildman–Crippen LogP) is 4.33. The molecule has 0 aromatic heterocycles. The first kappa shape index (κ1) is 14.9. The van der Waals surface area contributed by atoms with Crippen LogP contribution in [0.25, 0.3) is 0 Å². The van der Waals surface area contributed by atoms with Crippen molar-refractivity contribution in [2.24, 2.45) is 5.92 Å². The zero-order chi connectivity index (χ0) is 13.9. The lowest BCUT2D eigenvalue weighted by Gasteiger charge is -2.40. The summed E-state index contributed by atoms with van der Waals surface area (Å²) in [6.45, 7) is 2.18. The van der Waals surface area contributed by atoms with E-state index in [9.17, 15) is 5.11 Å². The molecular weight excluding hydrogens is 304 g/mol. The third-order valence-corrected chi connectivity index (χ3v) is 5.19. The van der Waals surface area contributed by atoms with Gasteiger partial charge in [-0.1, -0.05) is 42.1 Å². The smallest absolute Gasteiger partial charge is 0.119 e. The van der Waals surface area contributed by atoms with Gasteiger partial charge >= 0.3 is 0 Å². The molecule has 1 aliphatic rings. The fourth-order valence-corrected chi connectivity index (χ4v) is 3.64. The number of aliphatic hydroxyl groups is 1. The molecule has 1 saturated carbocycles. The molecule has 1 aliphatic carbocycles. The molecule has 0 spiro atoms. The van der Waals surface area contributed by atoms with Gasteiger partial charge in [0.05, 0.1) is 12.7 Å². The predicted molar refractivity (Wildman–Crippen MR) is 81.6 cm³/mol. The maximum absolute atomic E-state index is 11.0. The third kappa shape index (κ3) is 3.32. The fourth-order valence-electron chi connectivity index (χ4n) is 3.25. The average molecular weight is 327 g/mol. The fraction of sp³-hybridized carbons (Fsp3) is 0.625. The Morgan fingerprint density at radius 3 is 2.89 bits per heavy atom. The summed E-state index contributed by atoms with van der Waals surface area (Å²) in [5.41, 5.74) is 0.587. The van der Waals surface area contributed by atoms with Gasteiger partial charge in [0.25, 0.3) is 0 Å². The first-order chi connectivity index (χ1) is 9.09. The largest absolute Gasteiger partial charge is 0.497 e. The highest BCUT2D eigenvalue weighted by atomic mass is 79.9. The Hall–Kier alpha value is -0.540. The van der Waals surface area contributed by atoms with Crippen molar-refractivity contribution in [3.8, 4) is 5.75 Å². The number of hydrogen-bond acceptors (Lipinski definition) is 2. The van der Waals surface area contributed by atoms with Gasteiger partial charge < -0.3 is 9.84 Å². The minimum Gasteiger partial charge on any atom is -0.497 e. The van der Waals surface area contributed by atoms with Gasteiger partial charge in [0.2, 0.25) is 0 Å². The molecule has 19 heavy (non-hydrogen) atoms. The van der Waals surface area contributed by atoms with Crippen LogP contribution in [0.3, 0.4) is 0 Å². The van der Waals surface area contributed by atoms with Gasteiger partial charge in [-0.25, -0.2) is 0 Å². The van der Waals surface area contributed by atoms with Gasteiger partial charge in [-0.3, -0.25) is 0 Å². The highest BCUT2D eigenvalue weighted by Gasteiger charge is 2.38. The Bertz CT molecular complexity index is 433. The van der Waals surface area contributed by atoms with Gasteiger partial charge in [0.15, 0.2) is 0 Å². The van der Waals surface area contributed by atoms with Crippen molar-refractivity contribution in [3.63, 3.8) is 0 Å². The third-order valence-electron chi connectivity index (χ3n) is 4.41. The molecule has 0 saturated heterocycles. The first-order valence-electron chi connectivity index (χ1n) is 7.14. The molecule has 2 atom stereocenters. The molecule has 2 nitrogen and oxygen atoms in total. The highest BCUT2D eigenvalue weighted by Crippen LogP contribution is 2.39. The second-order valence-electron chi connectivity index (χ2n) is 5.59. The number of hydrogen-bond donors (Lipinski definition) is 1. The van der Waals surface area contributed by atoms with Gasteiger partial charge in [0.1, 0.15) is 5.75 Å². The standard InChI is InChI=1S/C16H23BrO2/c1-3-13-6-4-5-9-16(13,18)11-12-10-14(19-2)7-8-15(12)17/h7-8,10,13,18H,3-6,9,11H2,1-2H3. The zero-order valence-corrected chi connectivity index (χ0v) is 13.4. The van der Waals surface area contributed by atoms with Crippen LogP contribution >= 0.6 is 15.9 Å². The van der Waals surface area contributed by atoms with E-state index in [0.29, 0.717) is 12.3 Å². The molecule has 1 N–H and O–H groups in total. The molecule has 1 aromatic rings. The molecule has 1 fully saturated rings. The van der Waals surface area contributed by atoms with Crippen molar-refractivity contribution in [3.05, 3.63) is 28.2 Å². The molecule has 0 aliphatic heterocycles. The van der Waals surface area contributed by atoms with Crippen LogP contribution < -0.4 is 4.74 Å². The van der Waals surface area contributed by atoms with E-state index in [4.69, 9.17) is 4.74 Å². The van der Waals surface area contributed by atoms with E-state index in [1.165, 1.54) is 6.42 Å². The summed E-state index contributed by atoms with van der Waals surface area (Å²) in [5.74, 6) is 1.27. The Kier molecular flexibility index (Phi) is 4.91. The van der Waals surface area contributed by atoms with E-state index < -0.39 is 5.60 Å². The van der Waals surface area contributed by atoms with Crippen LogP contribution in [0.15, 0.2) is 22.7 Å². The Morgan fingerprint density at radius 2 is 2.21 bits per heavy atom. The van der Waals surface area contributed by atoms with E-state index in [1.807, 2.05) is 18.2 Å². The molecule has 2 unspecified atom stereocenters. The van der Waals surface area contributed by atoms with Crippen molar-refractivity contribution >= 4 is 15.9 Å². The van der Waals surface area contributed by atoms with Gasteiger partial charge in [-0.05, 0) is 42.5 Å². The number of halogens is 1. The maximum atomic E-state index is 11.0. The van der Waals surface area contributed by atoms with Crippen LogP contribution in [0.1, 0.15) is 44.6 Å². The quantitative estimate of drug-likeness (QED) is 0.892. The minimum atomic E-state index is -0.554. The summed E-state index contributed by atoms with van der Waals surface area (Å²) in [7, 11) is 1.68. The summed E-state index contributed by atoms with van der Waals surface area (Å²) in [6.07, 6.45) is 6.21. The van der Waals surface area contributed by atoms with E-state index in [1.54, 1.807) is 7.11 Å². The van der Waals surface area contributed by atoms with Crippen LogP contribution in [0, 0.1) is 5.92 Å². The highest BCUT2D eigenvalue weighted by molar-refractivity contribution is 9.10. The molecule has 0 bridgehead atoms. The second kappa shape index (κ2) is 6.27. The van der Waals surface area contributed by atoms with Crippen LogP contribution in [0.2, 0.25) is 0 Å². The normalized spacial score (nSPS) is 27.3. The van der Waals surface area contributed by atoms with E-state index in [2.05, 4.69) is 22.9 Å². The number of methoxy groups -OCH3 is 1. The molecule has 0 radical (unpaired) electrons. The zero-order valence-electron chi connectivity index (χ0n) is 11.8. The number of rotatable bonds is 4. The Labute approximate surface area is 124 Å². The Morgan fingerprint density at radius 1 is 1.42 bits per heavy atom. The average Bonchev–Trinajstić information content (AvgIpc) is 2.41. The van der Waals surface area contributed by atoms with Crippen molar-refractivity contribution in [2.45, 2.75) is 51.0 Å². The summed E-state index contributed by atoms with van der Waals surface area (Å²) in [6, 6.07) is 5.97. The van der Waals surface area contributed by atoms with Crippen LogP contribution in [-0.4, -0.2) is 17.8 Å². The lowest BCUT2D eigenvalue weighted by Crippen LogP contribution is -2.42. The second-order valence-corrected chi connectivity index (χ2v) is 6.44. The van der Waals surface area contributed by atoms with Gasteiger partial charge in [0, 0.05) is 10.9 Å². The summed E-state index contributed by atoms with van der Waals surface area (Å²) in [4.78, 5) is 0. The van der Waals surface area contributed by atoms with E-state index in [0.717, 1.165) is 41.5 Å². The number of benzene rings is 1. The monoisotopic (exact) mass is 326 g/mol. The van der Waals surface area contributed by atoms with Crippen molar-refractivity contribution in [1.82, 2.24) is 0 Å². The van der Waals surface area contributed by atoms with Crippen molar-refractivity contribution in [1.29, 1.82) is 0 Å². The maximum Gasteiger partial charge on any atom is 0.119 e.